The second kappa shape index (κ2) is 18.8. The Bertz CT molecular complexity index is 860. The molecule has 2 heterocycles. The monoisotopic (exact) mass is 508 g/mol. The molecule has 2 aromatic rings. The molecule has 1 aliphatic heterocycles. The lowest BCUT2D eigenvalue weighted by Gasteiger charge is -2.27. The van der Waals surface area contributed by atoms with Crippen LogP contribution in [0.1, 0.15) is 110 Å². The molecule has 0 saturated heterocycles. The van der Waals surface area contributed by atoms with Gasteiger partial charge in [-0.15, -0.1) is 0 Å². The number of nitrogens with one attached hydrogen (secondary N) is 2. The lowest BCUT2D eigenvalue weighted by atomic mass is 9.85. The van der Waals surface area contributed by atoms with E-state index in [0.29, 0.717) is 5.41 Å². The minimum absolute atomic E-state index is 0.468. The number of hydrazine groups is 1. The van der Waals surface area contributed by atoms with E-state index in [1.807, 2.05) is 52.1 Å². The van der Waals surface area contributed by atoms with Crippen LogP contribution in [0.4, 0.5) is 5.82 Å². The SMILES string of the molecule is C=C1CCc2ccc(CCCCNc3ccccn3)cc2CN1NCCCCC(C)(C)CC.CC.CC. The van der Waals surface area contributed by atoms with Crippen LogP contribution in [-0.4, -0.2) is 23.1 Å². The molecule has 208 valence electrons. The van der Waals surface area contributed by atoms with E-state index >= 15 is 0 Å². The van der Waals surface area contributed by atoms with Gasteiger partial charge in [-0.05, 0) is 79.2 Å². The number of aryl methyl sites for hydroxylation is 2. The maximum Gasteiger partial charge on any atom is 0.125 e. The van der Waals surface area contributed by atoms with Crippen molar-refractivity contribution in [3.05, 3.63) is 71.6 Å². The molecule has 1 aromatic carbocycles. The van der Waals surface area contributed by atoms with Crippen LogP contribution in [0.5, 0.6) is 0 Å². The molecule has 0 unspecified atom stereocenters. The highest BCUT2D eigenvalue weighted by atomic mass is 15.5. The Kier molecular flexibility index (Phi) is 16.7. The molecule has 2 N–H and O–H groups in total. The van der Waals surface area contributed by atoms with E-state index in [2.05, 4.69) is 66.3 Å². The van der Waals surface area contributed by atoms with Gasteiger partial charge in [0.15, 0.2) is 0 Å². The van der Waals surface area contributed by atoms with Gasteiger partial charge in [0.25, 0.3) is 0 Å². The summed E-state index contributed by atoms with van der Waals surface area (Å²) < 4.78 is 0. The molecule has 0 spiro atoms. The number of hydrogen-bond acceptors (Lipinski definition) is 4. The van der Waals surface area contributed by atoms with E-state index < -0.39 is 0 Å². The Morgan fingerprint density at radius 3 is 2.38 bits per heavy atom. The first-order valence-corrected chi connectivity index (χ1v) is 14.9. The number of anilines is 1. The topological polar surface area (TPSA) is 40.2 Å². The van der Waals surface area contributed by atoms with Gasteiger partial charge in [-0.25, -0.2) is 10.4 Å². The van der Waals surface area contributed by atoms with Crippen molar-refractivity contribution in [1.29, 1.82) is 0 Å². The van der Waals surface area contributed by atoms with Gasteiger partial charge in [0.05, 0.1) is 6.54 Å². The third-order valence-electron chi connectivity index (χ3n) is 7.07. The lowest BCUT2D eigenvalue weighted by molar-refractivity contribution is 0.227. The maximum atomic E-state index is 4.36. The van der Waals surface area contributed by atoms with E-state index in [0.717, 1.165) is 51.1 Å². The molecule has 4 nitrogen and oxygen atoms in total. The second-order valence-corrected chi connectivity index (χ2v) is 10.2. The average Bonchev–Trinajstić information content (AvgIpc) is 3.09. The van der Waals surface area contributed by atoms with Crippen molar-refractivity contribution in [3.8, 4) is 0 Å². The van der Waals surface area contributed by atoms with E-state index in [-0.39, 0.29) is 0 Å². The predicted octanol–water partition coefficient (Wildman–Crippen LogP) is 8.94. The van der Waals surface area contributed by atoms with Crippen molar-refractivity contribution in [3.63, 3.8) is 0 Å². The smallest absolute Gasteiger partial charge is 0.125 e. The normalized spacial score (nSPS) is 12.9. The van der Waals surface area contributed by atoms with Crippen LogP contribution in [0, 0.1) is 5.41 Å². The van der Waals surface area contributed by atoms with Gasteiger partial charge < -0.3 is 10.3 Å². The van der Waals surface area contributed by atoms with Crippen molar-refractivity contribution in [2.45, 2.75) is 113 Å². The fourth-order valence-electron chi connectivity index (χ4n) is 4.35. The minimum Gasteiger partial charge on any atom is -0.370 e. The standard InChI is InChI=1S/C29H44N4.2C2H6/c1-5-29(3,4)18-8-11-21-32-33-23-27-22-25(15-17-26(27)16-14-24(33)2)12-6-9-19-30-28-13-7-10-20-31-28;2*1-2/h7,10,13,15,17,20,22,32H,2,5-6,8-9,11-12,14,16,18-19,21,23H2,1,3-4H3,(H,30,31);2*1-2H3. The van der Waals surface area contributed by atoms with Gasteiger partial charge in [0.1, 0.15) is 5.82 Å². The molecular weight excluding hydrogens is 452 g/mol. The molecule has 0 radical (unpaired) electrons. The Morgan fingerprint density at radius 1 is 0.919 bits per heavy atom. The summed E-state index contributed by atoms with van der Waals surface area (Å²) in [6.45, 7) is 22.3. The molecule has 1 aliphatic rings. The lowest BCUT2D eigenvalue weighted by Crippen LogP contribution is -2.36. The van der Waals surface area contributed by atoms with Crippen LogP contribution in [0.3, 0.4) is 0 Å². The van der Waals surface area contributed by atoms with Crippen molar-refractivity contribution in [2.24, 2.45) is 5.41 Å². The number of allylic oxidation sites excluding steroid dienone is 1. The highest BCUT2D eigenvalue weighted by Crippen LogP contribution is 2.27. The number of unbranched alkanes of at least 4 members (excludes halogenated alkanes) is 2. The zero-order chi connectivity index (χ0) is 27.5. The molecule has 3 rings (SSSR count). The number of benzene rings is 1. The van der Waals surface area contributed by atoms with E-state index in [1.165, 1.54) is 54.5 Å². The fourth-order valence-corrected chi connectivity index (χ4v) is 4.35. The van der Waals surface area contributed by atoms with E-state index in [4.69, 9.17) is 0 Å². The Morgan fingerprint density at radius 2 is 1.68 bits per heavy atom. The summed E-state index contributed by atoms with van der Waals surface area (Å²) in [7, 11) is 0. The van der Waals surface area contributed by atoms with Gasteiger partial charge in [0, 0.05) is 25.0 Å². The van der Waals surface area contributed by atoms with Gasteiger partial charge >= 0.3 is 0 Å². The quantitative estimate of drug-likeness (QED) is 0.265. The maximum absolute atomic E-state index is 4.36. The third kappa shape index (κ3) is 12.6. The third-order valence-corrected chi connectivity index (χ3v) is 7.07. The number of nitrogens with zero attached hydrogens (tertiary/aromatic N) is 2. The molecule has 0 amide bonds. The Balaban J connectivity index is 0.00000163. The second-order valence-electron chi connectivity index (χ2n) is 10.2. The number of fused-ring (bicyclic) bond motifs is 1. The molecule has 0 aliphatic carbocycles. The molecule has 4 heteroatoms. The molecule has 37 heavy (non-hydrogen) atoms. The summed E-state index contributed by atoms with van der Waals surface area (Å²) in [4.78, 5) is 4.32. The molecule has 0 saturated carbocycles. The first-order valence-electron chi connectivity index (χ1n) is 14.9. The van der Waals surface area contributed by atoms with Crippen molar-refractivity contribution >= 4 is 5.82 Å². The number of pyridine rings is 1. The average molecular weight is 509 g/mol. The summed E-state index contributed by atoms with van der Waals surface area (Å²) in [5, 5.41) is 5.71. The first kappa shape index (κ1) is 32.7. The summed E-state index contributed by atoms with van der Waals surface area (Å²) in [6, 6.07) is 13.1. The predicted molar refractivity (Wildman–Crippen MR) is 164 cm³/mol. The Hall–Kier alpha value is -2.33. The highest BCUT2D eigenvalue weighted by Gasteiger charge is 2.17. The molecule has 0 atom stereocenters. The molecule has 1 aromatic heterocycles. The number of aromatic nitrogens is 1. The number of rotatable bonds is 13. The summed E-state index contributed by atoms with van der Waals surface area (Å²) in [6.07, 6.45) is 12.5. The number of hydrogen-bond donors (Lipinski definition) is 2. The van der Waals surface area contributed by atoms with Gasteiger partial charge in [-0.2, -0.15) is 0 Å². The van der Waals surface area contributed by atoms with Gasteiger partial charge in [-0.1, -0.05) is 92.2 Å². The molecule has 0 fully saturated rings. The summed E-state index contributed by atoms with van der Waals surface area (Å²) in [5.74, 6) is 0.962. The van der Waals surface area contributed by atoms with E-state index in [1.54, 1.807) is 0 Å². The minimum atomic E-state index is 0.468. The van der Waals surface area contributed by atoms with Crippen LogP contribution in [0.25, 0.3) is 0 Å². The molecular formula is C33H56N4. The van der Waals surface area contributed by atoms with E-state index in [9.17, 15) is 0 Å². The van der Waals surface area contributed by atoms with Crippen LogP contribution in [-0.2, 0) is 19.4 Å². The van der Waals surface area contributed by atoms with Crippen molar-refractivity contribution in [2.75, 3.05) is 18.4 Å². The van der Waals surface area contributed by atoms with Crippen LogP contribution < -0.4 is 10.7 Å². The zero-order valence-electron chi connectivity index (χ0n) is 25.1. The highest BCUT2D eigenvalue weighted by molar-refractivity contribution is 5.35. The first-order chi connectivity index (χ1) is 18.0. The molecule has 0 bridgehead atoms. The van der Waals surface area contributed by atoms with Crippen LogP contribution >= 0.6 is 0 Å². The largest absolute Gasteiger partial charge is 0.370 e. The summed E-state index contributed by atoms with van der Waals surface area (Å²) >= 11 is 0. The van der Waals surface area contributed by atoms with Crippen molar-refractivity contribution < 1.29 is 0 Å². The summed E-state index contributed by atoms with van der Waals surface area (Å²) in [5.41, 5.74) is 9.73. The van der Waals surface area contributed by atoms with Gasteiger partial charge in [0.2, 0.25) is 0 Å². The van der Waals surface area contributed by atoms with Crippen LogP contribution in [0.15, 0.2) is 54.9 Å². The van der Waals surface area contributed by atoms with Crippen molar-refractivity contribution in [1.82, 2.24) is 15.4 Å². The fraction of sp³-hybridized carbons (Fsp3) is 0.606. The van der Waals surface area contributed by atoms with Gasteiger partial charge in [-0.3, -0.25) is 0 Å². The Labute approximate surface area is 229 Å². The zero-order valence-corrected chi connectivity index (χ0v) is 25.1. The van der Waals surface area contributed by atoms with Crippen LogP contribution in [0.2, 0.25) is 0 Å².